The average Bonchev–Trinajstić information content (AvgIpc) is 1.80. The van der Waals surface area contributed by atoms with Crippen molar-refractivity contribution >= 4 is 10.4 Å². The summed E-state index contributed by atoms with van der Waals surface area (Å²) in [5, 5.41) is 0. The minimum absolute atomic E-state index is 0.259. The Bertz CT molecular complexity index is 178. The Morgan fingerprint density at radius 2 is 2.00 bits per heavy atom. The molecule has 0 bridgehead atoms. The van der Waals surface area contributed by atoms with Crippen LogP contribution >= 0.6 is 0 Å². The van der Waals surface area contributed by atoms with Crippen molar-refractivity contribution < 1.29 is 12.3 Å². The molecule has 0 saturated carbocycles. The SMILES string of the molecule is CCCCN(C)S(=O)(=O)F. The van der Waals surface area contributed by atoms with Gasteiger partial charge in [-0.2, -0.15) is 12.7 Å². The molecule has 0 rings (SSSR count). The zero-order valence-corrected chi connectivity index (χ0v) is 6.99. The summed E-state index contributed by atoms with van der Waals surface area (Å²) in [5.74, 6) is 0. The zero-order chi connectivity index (χ0) is 8.20. The fourth-order valence-corrected chi connectivity index (χ4v) is 0.837. The lowest BCUT2D eigenvalue weighted by Crippen LogP contribution is -2.23. The summed E-state index contributed by atoms with van der Waals surface area (Å²) in [6, 6.07) is 0. The topological polar surface area (TPSA) is 37.4 Å². The Hall–Kier alpha value is -0.160. The van der Waals surface area contributed by atoms with Gasteiger partial charge in [0.15, 0.2) is 0 Å². The summed E-state index contributed by atoms with van der Waals surface area (Å²) in [7, 11) is -3.21. The molecular formula is C5H12FNO2S. The lowest BCUT2D eigenvalue weighted by atomic mass is 10.3. The molecule has 0 aromatic carbocycles. The van der Waals surface area contributed by atoms with Crippen LogP contribution in [0.15, 0.2) is 0 Å². The molecule has 0 aliphatic heterocycles. The van der Waals surface area contributed by atoms with E-state index in [1.165, 1.54) is 7.05 Å². The van der Waals surface area contributed by atoms with Gasteiger partial charge in [0.2, 0.25) is 0 Å². The van der Waals surface area contributed by atoms with E-state index in [9.17, 15) is 12.3 Å². The van der Waals surface area contributed by atoms with E-state index >= 15 is 0 Å². The monoisotopic (exact) mass is 169 g/mol. The molecule has 0 heterocycles. The van der Waals surface area contributed by atoms with Crippen LogP contribution in [0, 0.1) is 0 Å². The van der Waals surface area contributed by atoms with Crippen molar-refractivity contribution in [3.63, 3.8) is 0 Å². The number of nitrogens with zero attached hydrogens (tertiary/aromatic N) is 1. The third-order valence-electron chi connectivity index (χ3n) is 1.20. The van der Waals surface area contributed by atoms with Gasteiger partial charge in [0.1, 0.15) is 0 Å². The normalized spacial score (nSPS) is 12.4. The van der Waals surface area contributed by atoms with E-state index in [0.29, 0.717) is 10.7 Å². The number of hydrogen-bond donors (Lipinski definition) is 0. The second kappa shape index (κ2) is 3.88. The van der Waals surface area contributed by atoms with E-state index < -0.39 is 10.4 Å². The first kappa shape index (κ1) is 9.84. The van der Waals surface area contributed by atoms with Gasteiger partial charge >= 0.3 is 10.4 Å². The molecule has 0 N–H and O–H groups in total. The lowest BCUT2D eigenvalue weighted by Gasteiger charge is -2.08. The molecule has 62 valence electrons. The minimum Gasteiger partial charge on any atom is -0.178 e. The summed E-state index contributed by atoms with van der Waals surface area (Å²) in [4.78, 5) is 0. The van der Waals surface area contributed by atoms with Gasteiger partial charge in [0, 0.05) is 13.6 Å². The van der Waals surface area contributed by atoms with E-state index in [2.05, 4.69) is 0 Å². The van der Waals surface area contributed by atoms with E-state index in [1.54, 1.807) is 0 Å². The van der Waals surface area contributed by atoms with Gasteiger partial charge in [-0.05, 0) is 6.42 Å². The van der Waals surface area contributed by atoms with Crippen LogP contribution in [0.3, 0.4) is 0 Å². The van der Waals surface area contributed by atoms with Crippen molar-refractivity contribution in [1.82, 2.24) is 4.31 Å². The summed E-state index contributed by atoms with van der Waals surface area (Å²) in [5.41, 5.74) is 0. The molecule has 0 spiro atoms. The maximum absolute atomic E-state index is 12.0. The molecule has 0 radical (unpaired) electrons. The molecule has 0 aliphatic rings. The van der Waals surface area contributed by atoms with E-state index in [0.717, 1.165) is 6.42 Å². The third kappa shape index (κ3) is 3.79. The summed E-state index contributed by atoms with van der Waals surface area (Å²) < 4.78 is 32.9. The van der Waals surface area contributed by atoms with Gasteiger partial charge in [-0.25, -0.2) is 0 Å². The third-order valence-corrected chi connectivity index (χ3v) is 2.13. The van der Waals surface area contributed by atoms with Crippen molar-refractivity contribution in [1.29, 1.82) is 0 Å². The van der Waals surface area contributed by atoms with Crippen LogP contribution in [0.1, 0.15) is 19.8 Å². The summed E-state index contributed by atoms with van der Waals surface area (Å²) in [6.07, 6.45) is 1.56. The van der Waals surface area contributed by atoms with E-state index in [1.807, 2.05) is 6.92 Å². The van der Waals surface area contributed by atoms with Gasteiger partial charge in [0.25, 0.3) is 0 Å². The highest BCUT2D eigenvalue weighted by Crippen LogP contribution is 2.00. The van der Waals surface area contributed by atoms with Crippen molar-refractivity contribution in [2.24, 2.45) is 0 Å². The van der Waals surface area contributed by atoms with Crippen LogP contribution in [0.5, 0.6) is 0 Å². The average molecular weight is 169 g/mol. The Kier molecular flexibility index (Phi) is 3.81. The zero-order valence-electron chi connectivity index (χ0n) is 6.17. The molecule has 5 heteroatoms. The fraction of sp³-hybridized carbons (Fsp3) is 1.00. The van der Waals surface area contributed by atoms with E-state index in [4.69, 9.17) is 0 Å². The highest BCUT2D eigenvalue weighted by atomic mass is 32.3. The molecular weight excluding hydrogens is 157 g/mol. The van der Waals surface area contributed by atoms with Crippen molar-refractivity contribution in [3.05, 3.63) is 0 Å². The van der Waals surface area contributed by atoms with Crippen LogP contribution in [-0.4, -0.2) is 26.3 Å². The highest BCUT2D eigenvalue weighted by molar-refractivity contribution is 7.83. The van der Waals surface area contributed by atoms with Gasteiger partial charge in [0.05, 0.1) is 0 Å². The molecule has 0 amide bonds. The van der Waals surface area contributed by atoms with Crippen molar-refractivity contribution in [2.45, 2.75) is 19.8 Å². The Morgan fingerprint density at radius 1 is 1.50 bits per heavy atom. The van der Waals surface area contributed by atoms with Crippen molar-refractivity contribution in [2.75, 3.05) is 13.6 Å². The minimum atomic E-state index is -4.44. The molecule has 0 atom stereocenters. The summed E-state index contributed by atoms with van der Waals surface area (Å²) >= 11 is 0. The molecule has 10 heavy (non-hydrogen) atoms. The molecule has 0 aromatic rings. The first-order chi connectivity index (χ1) is 4.48. The smallest absolute Gasteiger partial charge is 0.178 e. The number of hydrogen-bond acceptors (Lipinski definition) is 2. The fourth-order valence-electron chi connectivity index (χ4n) is 0.490. The van der Waals surface area contributed by atoms with Gasteiger partial charge in [-0.3, -0.25) is 0 Å². The predicted molar refractivity (Wildman–Crippen MR) is 37.6 cm³/mol. The second-order valence-corrected chi connectivity index (χ2v) is 3.56. The second-order valence-electron chi connectivity index (χ2n) is 2.12. The Morgan fingerprint density at radius 3 is 2.30 bits per heavy atom. The lowest BCUT2D eigenvalue weighted by molar-refractivity contribution is 0.425. The van der Waals surface area contributed by atoms with Crippen LogP contribution in [0.4, 0.5) is 3.89 Å². The standard InChI is InChI=1S/C5H12FNO2S/c1-3-4-5-7(2)10(6,8)9/h3-5H2,1-2H3. The van der Waals surface area contributed by atoms with E-state index in [-0.39, 0.29) is 6.54 Å². The van der Waals surface area contributed by atoms with Crippen LogP contribution in [0.25, 0.3) is 0 Å². The Balaban J connectivity index is 3.75. The van der Waals surface area contributed by atoms with Gasteiger partial charge < -0.3 is 0 Å². The first-order valence-electron chi connectivity index (χ1n) is 3.14. The maximum atomic E-state index is 12.0. The number of unbranched alkanes of at least 4 members (excludes halogenated alkanes) is 1. The van der Waals surface area contributed by atoms with Crippen LogP contribution in [-0.2, 0) is 10.4 Å². The molecule has 0 aliphatic carbocycles. The van der Waals surface area contributed by atoms with Gasteiger partial charge in [-0.15, -0.1) is 0 Å². The maximum Gasteiger partial charge on any atom is 0.374 e. The number of halogens is 1. The number of rotatable bonds is 4. The molecule has 0 unspecified atom stereocenters. The molecule has 3 nitrogen and oxygen atoms in total. The van der Waals surface area contributed by atoms with Crippen LogP contribution < -0.4 is 0 Å². The van der Waals surface area contributed by atoms with Crippen molar-refractivity contribution in [3.8, 4) is 0 Å². The molecule has 0 aromatic heterocycles. The largest absolute Gasteiger partial charge is 0.374 e. The van der Waals surface area contributed by atoms with Crippen LogP contribution in [0.2, 0.25) is 0 Å². The van der Waals surface area contributed by atoms with Gasteiger partial charge in [-0.1, -0.05) is 17.2 Å². The molecule has 0 fully saturated rings. The predicted octanol–water partition coefficient (Wildman–Crippen LogP) is 0.933. The quantitative estimate of drug-likeness (QED) is 0.587. The summed E-state index contributed by atoms with van der Waals surface area (Å²) in [6.45, 7) is 2.17. The first-order valence-corrected chi connectivity index (χ1v) is 4.48. The highest BCUT2D eigenvalue weighted by Gasteiger charge is 2.13. The molecule has 0 saturated heterocycles. The Labute approximate surface area is 61.2 Å².